The van der Waals surface area contributed by atoms with E-state index in [4.69, 9.17) is 0 Å². The van der Waals surface area contributed by atoms with Gasteiger partial charge in [0.25, 0.3) is 0 Å². The van der Waals surface area contributed by atoms with Crippen molar-refractivity contribution >= 4 is 33.4 Å². The zero-order chi connectivity index (χ0) is 21.1. The van der Waals surface area contributed by atoms with Gasteiger partial charge in [0, 0.05) is 19.8 Å². The fourth-order valence-electron chi connectivity index (χ4n) is 2.40. The highest BCUT2D eigenvalue weighted by molar-refractivity contribution is 8.00. The van der Waals surface area contributed by atoms with Gasteiger partial charge < -0.3 is 5.32 Å². The number of nitrogens with one attached hydrogen (secondary N) is 1. The zero-order valence-corrected chi connectivity index (χ0v) is 17.9. The second-order valence-electron chi connectivity index (χ2n) is 6.25. The van der Waals surface area contributed by atoms with Crippen LogP contribution in [0, 0.1) is 32.1 Å². The summed E-state index contributed by atoms with van der Waals surface area (Å²) in [5.41, 5.74) is 1.88. The van der Waals surface area contributed by atoms with Crippen molar-refractivity contribution in [2.75, 3.05) is 25.2 Å². The predicted molar refractivity (Wildman–Crippen MR) is 108 cm³/mol. The molecule has 2 aromatic rings. The van der Waals surface area contributed by atoms with Crippen LogP contribution in [0.3, 0.4) is 0 Å². The van der Waals surface area contributed by atoms with Crippen LogP contribution in [-0.4, -0.2) is 48.4 Å². The van der Waals surface area contributed by atoms with E-state index in [1.165, 1.54) is 20.2 Å². The SMILES string of the molecule is Cc1nc(C)c(C#N)c(SCC(=O)Nc2ccc(C)c(S(=O)(=O)N(C)C)c2)n1. The number of amides is 1. The van der Waals surface area contributed by atoms with E-state index in [0.717, 1.165) is 16.1 Å². The topological polar surface area (TPSA) is 116 Å². The number of anilines is 1. The highest BCUT2D eigenvalue weighted by Crippen LogP contribution is 2.24. The molecule has 0 spiro atoms. The molecule has 28 heavy (non-hydrogen) atoms. The highest BCUT2D eigenvalue weighted by atomic mass is 32.2. The summed E-state index contributed by atoms with van der Waals surface area (Å²) in [6.07, 6.45) is 0. The Hall–Kier alpha value is -2.48. The predicted octanol–water partition coefficient (Wildman–Crippen LogP) is 2.25. The number of sulfonamides is 1. The third-order valence-corrected chi connectivity index (χ3v) is 6.78. The lowest BCUT2D eigenvalue weighted by atomic mass is 10.2. The Bertz CT molecular complexity index is 1060. The van der Waals surface area contributed by atoms with E-state index in [1.54, 1.807) is 32.9 Å². The van der Waals surface area contributed by atoms with E-state index in [2.05, 4.69) is 21.4 Å². The Morgan fingerprint density at radius 2 is 1.93 bits per heavy atom. The van der Waals surface area contributed by atoms with Gasteiger partial charge in [-0.3, -0.25) is 4.79 Å². The van der Waals surface area contributed by atoms with E-state index < -0.39 is 10.0 Å². The van der Waals surface area contributed by atoms with Crippen molar-refractivity contribution < 1.29 is 13.2 Å². The minimum Gasteiger partial charge on any atom is -0.325 e. The van der Waals surface area contributed by atoms with Crippen LogP contribution in [0.1, 0.15) is 22.6 Å². The molecule has 148 valence electrons. The second-order valence-corrected chi connectivity index (χ2v) is 9.34. The monoisotopic (exact) mass is 419 g/mol. The molecule has 8 nitrogen and oxygen atoms in total. The van der Waals surface area contributed by atoms with Gasteiger partial charge in [0.2, 0.25) is 15.9 Å². The van der Waals surface area contributed by atoms with Crippen molar-refractivity contribution in [2.24, 2.45) is 0 Å². The van der Waals surface area contributed by atoms with Gasteiger partial charge in [-0.05, 0) is 38.5 Å². The zero-order valence-electron chi connectivity index (χ0n) is 16.3. The van der Waals surface area contributed by atoms with Gasteiger partial charge in [0.15, 0.2) is 0 Å². The number of aryl methyl sites for hydroxylation is 3. The lowest BCUT2D eigenvalue weighted by Crippen LogP contribution is -2.23. The Kier molecular flexibility index (Phi) is 6.77. The van der Waals surface area contributed by atoms with Crippen molar-refractivity contribution in [1.82, 2.24) is 14.3 Å². The minimum absolute atomic E-state index is 0.0220. The normalized spacial score (nSPS) is 11.3. The van der Waals surface area contributed by atoms with Gasteiger partial charge in [-0.2, -0.15) is 5.26 Å². The van der Waals surface area contributed by atoms with E-state index in [1.807, 2.05) is 0 Å². The summed E-state index contributed by atoms with van der Waals surface area (Å²) in [6, 6.07) is 6.78. The third kappa shape index (κ3) is 4.86. The van der Waals surface area contributed by atoms with Crippen molar-refractivity contribution in [1.29, 1.82) is 5.26 Å². The molecule has 0 radical (unpaired) electrons. The van der Waals surface area contributed by atoms with E-state index in [-0.39, 0.29) is 16.6 Å². The van der Waals surface area contributed by atoms with Gasteiger partial charge in [0.1, 0.15) is 22.5 Å². The average molecular weight is 420 g/mol. The molecule has 0 fully saturated rings. The van der Waals surface area contributed by atoms with Crippen molar-refractivity contribution in [3.8, 4) is 6.07 Å². The summed E-state index contributed by atoms with van der Waals surface area (Å²) < 4.78 is 25.9. The lowest BCUT2D eigenvalue weighted by Gasteiger charge is -2.15. The molecule has 0 aliphatic rings. The van der Waals surface area contributed by atoms with Crippen LogP contribution in [0.15, 0.2) is 28.1 Å². The lowest BCUT2D eigenvalue weighted by molar-refractivity contribution is -0.113. The molecule has 2 rings (SSSR count). The van der Waals surface area contributed by atoms with Crippen molar-refractivity contribution in [3.63, 3.8) is 0 Å². The summed E-state index contributed by atoms with van der Waals surface area (Å²) in [4.78, 5) is 20.8. The number of aromatic nitrogens is 2. The van der Waals surface area contributed by atoms with Crippen molar-refractivity contribution in [2.45, 2.75) is 30.7 Å². The molecule has 0 aliphatic heterocycles. The molecular weight excluding hydrogens is 398 g/mol. The van der Waals surface area contributed by atoms with Gasteiger partial charge in [-0.15, -0.1) is 0 Å². The molecule has 0 atom stereocenters. The first-order valence-electron chi connectivity index (χ1n) is 8.27. The minimum atomic E-state index is -3.62. The fourth-order valence-corrected chi connectivity index (χ4v) is 4.42. The molecular formula is C18H21N5O3S2. The molecule has 1 aromatic carbocycles. The summed E-state index contributed by atoms with van der Waals surface area (Å²) in [7, 11) is -0.709. The Balaban J connectivity index is 2.16. The quantitative estimate of drug-likeness (QED) is 0.564. The Labute approximate surface area is 169 Å². The standard InChI is InChI=1S/C18H21N5O3S2/c1-11-6-7-14(8-16(11)28(25,26)23(4)5)22-17(24)10-27-18-15(9-19)12(2)20-13(3)21-18/h6-8H,10H2,1-5H3,(H,22,24). The van der Waals surface area contributed by atoms with Crippen molar-refractivity contribution in [3.05, 3.63) is 40.8 Å². The van der Waals surface area contributed by atoms with Crippen LogP contribution in [0.5, 0.6) is 0 Å². The first kappa shape index (κ1) is 21.8. The van der Waals surface area contributed by atoms with Crippen LogP contribution in [0.4, 0.5) is 5.69 Å². The number of carbonyl (C=O) groups is 1. The van der Waals surface area contributed by atoms with Crippen LogP contribution in [0.25, 0.3) is 0 Å². The molecule has 10 heteroatoms. The van der Waals surface area contributed by atoms with Gasteiger partial charge in [0.05, 0.1) is 16.3 Å². The molecule has 0 aliphatic carbocycles. The number of hydrogen-bond donors (Lipinski definition) is 1. The molecule has 1 amide bonds. The first-order chi connectivity index (χ1) is 13.1. The smallest absolute Gasteiger partial charge is 0.242 e. The third-order valence-electron chi connectivity index (χ3n) is 3.85. The number of hydrogen-bond acceptors (Lipinski definition) is 7. The average Bonchev–Trinajstić information content (AvgIpc) is 2.61. The van der Waals surface area contributed by atoms with E-state index in [9.17, 15) is 18.5 Å². The largest absolute Gasteiger partial charge is 0.325 e. The number of rotatable bonds is 6. The number of benzene rings is 1. The Morgan fingerprint density at radius 3 is 2.54 bits per heavy atom. The van der Waals surface area contributed by atoms with Crippen LogP contribution in [-0.2, 0) is 14.8 Å². The van der Waals surface area contributed by atoms with Gasteiger partial charge in [-0.1, -0.05) is 17.8 Å². The number of nitrogens with zero attached hydrogens (tertiary/aromatic N) is 4. The maximum Gasteiger partial charge on any atom is 0.242 e. The second kappa shape index (κ2) is 8.68. The van der Waals surface area contributed by atoms with E-state index in [0.29, 0.717) is 33.4 Å². The molecule has 1 N–H and O–H groups in total. The summed E-state index contributed by atoms with van der Waals surface area (Å²) in [5.74, 6) is 0.213. The van der Waals surface area contributed by atoms with Crippen LogP contribution in [0.2, 0.25) is 0 Å². The molecule has 0 unspecified atom stereocenters. The summed E-state index contributed by atoms with van der Waals surface area (Å²) in [5, 5.41) is 12.4. The molecule has 1 heterocycles. The molecule has 0 bridgehead atoms. The highest BCUT2D eigenvalue weighted by Gasteiger charge is 2.20. The summed E-state index contributed by atoms with van der Waals surface area (Å²) in [6.45, 7) is 5.13. The van der Waals surface area contributed by atoms with Gasteiger partial charge >= 0.3 is 0 Å². The first-order valence-corrected chi connectivity index (χ1v) is 10.7. The maximum atomic E-state index is 12.4. The molecule has 1 aromatic heterocycles. The maximum absolute atomic E-state index is 12.4. The van der Waals surface area contributed by atoms with Crippen LogP contribution < -0.4 is 5.32 Å². The van der Waals surface area contributed by atoms with Crippen LogP contribution >= 0.6 is 11.8 Å². The van der Waals surface area contributed by atoms with E-state index >= 15 is 0 Å². The number of carbonyl (C=O) groups excluding carboxylic acids is 1. The molecule has 0 saturated carbocycles. The fraction of sp³-hybridized carbons (Fsp3) is 0.333. The number of thioether (sulfide) groups is 1. The molecule has 0 saturated heterocycles. The number of nitriles is 1. The van der Waals surface area contributed by atoms with Gasteiger partial charge in [-0.25, -0.2) is 22.7 Å². The Morgan fingerprint density at radius 1 is 1.25 bits per heavy atom. The summed E-state index contributed by atoms with van der Waals surface area (Å²) >= 11 is 1.13.